The first kappa shape index (κ1) is 14.1. The third kappa shape index (κ3) is 2.39. The number of aryl methyl sites for hydroxylation is 3. The minimum absolute atomic E-state index is 0.000787. The number of nitrogens with one attached hydrogen (secondary N) is 2. The number of aromatic amines is 1. The van der Waals surface area contributed by atoms with Gasteiger partial charge in [-0.15, -0.1) is 0 Å². The summed E-state index contributed by atoms with van der Waals surface area (Å²) in [5, 5.41) is 14.3. The van der Waals surface area contributed by atoms with Crippen molar-refractivity contribution in [3.63, 3.8) is 0 Å². The average Bonchev–Trinajstić information content (AvgIpc) is 2.84. The smallest absolute Gasteiger partial charge is 0.297 e. The molecule has 0 unspecified atom stereocenters. The van der Waals surface area contributed by atoms with Crippen molar-refractivity contribution in [1.29, 1.82) is 0 Å². The maximum atomic E-state index is 11.1. The van der Waals surface area contributed by atoms with E-state index in [0.717, 1.165) is 16.8 Å². The topological polar surface area (TPSA) is 83.8 Å². The predicted octanol–water partition coefficient (Wildman–Crippen LogP) is 4.14. The molecule has 0 aliphatic rings. The molecule has 1 heterocycles. The van der Waals surface area contributed by atoms with Crippen LogP contribution in [0.4, 0.5) is 17.3 Å². The Labute approximate surface area is 127 Å². The fourth-order valence-electron chi connectivity index (χ4n) is 2.72. The molecule has 0 fully saturated rings. The fraction of sp³-hybridized carbons (Fsp3) is 0.188. The van der Waals surface area contributed by atoms with Crippen molar-refractivity contribution in [2.24, 2.45) is 0 Å². The predicted molar refractivity (Wildman–Crippen MR) is 86.7 cm³/mol. The maximum Gasteiger partial charge on any atom is 0.297 e. The van der Waals surface area contributed by atoms with Crippen molar-refractivity contribution in [2.45, 2.75) is 20.8 Å². The van der Waals surface area contributed by atoms with E-state index in [1.807, 2.05) is 20.8 Å². The van der Waals surface area contributed by atoms with E-state index in [-0.39, 0.29) is 5.69 Å². The largest absolute Gasteiger partial charge is 0.325 e. The first-order valence-corrected chi connectivity index (χ1v) is 6.93. The number of nitrogens with zero attached hydrogens (tertiary/aromatic N) is 2. The SMILES string of the molecule is Cc1cc(C)c(Nc2nc3c([N+](=O)[O-])cccc3[nH]2)c(C)c1. The number of non-ortho nitro benzene ring substituents is 1. The van der Waals surface area contributed by atoms with Gasteiger partial charge in [0, 0.05) is 11.8 Å². The lowest BCUT2D eigenvalue weighted by atomic mass is 10.1. The van der Waals surface area contributed by atoms with Gasteiger partial charge in [0.25, 0.3) is 5.69 Å². The third-order valence-electron chi connectivity index (χ3n) is 3.61. The minimum atomic E-state index is -0.421. The number of nitro benzene ring substituents is 1. The number of hydrogen-bond donors (Lipinski definition) is 2. The molecule has 0 spiro atoms. The van der Waals surface area contributed by atoms with Crippen molar-refractivity contribution in [3.8, 4) is 0 Å². The number of fused-ring (bicyclic) bond motifs is 1. The van der Waals surface area contributed by atoms with Crippen LogP contribution in [-0.4, -0.2) is 14.9 Å². The molecule has 2 N–H and O–H groups in total. The molecular formula is C16H16N4O2. The molecular weight excluding hydrogens is 280 g/mol. The van der Waals surface area contributed by atoms with Crippen LogP contribution in [0.2, 0.25) is 0 Å². The standard InChI is InChI=1S/C16H16N4O2/c1-9-7-10(2)14(11(3)8-9)18-16-17-12-5-4-6-13(20(21)22)15(12)19-16/h4-8H,1-3H3,(H2,17,18,19). The lowest BCUT2D eigenvalue weighted by Crippen LogP contribution is -1.98. The van der Waals surface area contributed by atoms with Gasteiger partial charge >= 0.3 is 0 Å². The Morgan fingerprint density at radius 3 is 2.50 bits per heavy atom. The van der Waals surface area contributed by atoms with E-state index < -0.39 is 4.92 Å². The first-order chi connectivity index (χ1) is 10.5. The number of benzene rings is 2. The van der Waals surface area contributed by atoms with E-state index in [1.54, 1.807) is 12.1 Å². The summed E-state index contributed by atoms with van der Waals surface area (Å²) in [5.74, 6) is 0.499. The normalized spacial score (nSPS) is 10.9. The summed E-state index contributed by atoms with van der Waals surface area (Å²) in [6.45, 7) is 6.09. The molecule has 2 aromatic carbocycles. The van der Waals surface area contributed by atoms with Crippen molar-refractivity contribution < 1.29 is 4.92 Å². The van der Waals surface area contributed by atoms with Gasteiger partial charge in [0.15, 0.2) is 5.52 Å². The highest BCUT2D eigenvalue weighted by atomic mass is 16.6. The van der Waals surface area contributed by atoms with Gasteiger partial charge in [-0.25, -0.2) is 4.98 Å². The zero-order valence-electron chi connectivity index (χ0n) is 12.6. The van der Waals surface area contributed by atoms with Gasteiger partial charge in [-0.2, -0.15) is 0 Å². The molecule has 22 heavy (non-hydrogen) atoms. The third-order valence-corrected chi connectivity index (χ3v) is 3.61. The average molecular weight is 296 g/mol. The van der Waals surface area contributed by atoms with Crippen molar-refractivity contribution in [3.05, 3.63) is 57.1 Å². The Hall–Kier alpha value is -2.89. The first-order valence-electron chi connectivity index (χ1n) is 6.93. The number of hydrogen-bond acceptors (Lipinski definition) is 4. The van der Waals surface area contributed by atoms with Crippen LogP contribution in [0.5, 0.6) is 0 Å². The van der Waals surface area contributed by atoms with E-state index in [2.05, 4.69) is 27.4 Å². The van der Waals surface area contributed by atoms with Gasteiger partial charge < -0.3 is 10.3 Å². The Bertz CT molecular complexity index is 860. The molecule has 3 rings (SSSR count). The molecule has 0 radical (unpaired) electrons. The van der Waals surface area contributed by atoms with E-state index in [1.165, 1.54) is 11.6 Å². The molecule has 0 bridgehead atoms. The number of imidazole rings is 1. The Balaban J connectivity index is 2.06. The molecule has 6 nitrogen and oxygen atoms in total. The fourth-order valence-corrected chi connectivity index (χ4v) is 2.72. The molecule has 112 valence electrons. The van der Waals surface area contributed by atoms with E-state index >= 15 is 0 Å². The van der Waals surface area contributed by atoms with Crippen molar-refractivity contribution >= 4 is 28.4 Å². The number of rotatable bonds is 3. The van der Waals surface area contributed by atoms with Gasteiger partial charge in [-0.3, -0.25) is 10.1 Å². The summed E-state index contributed by atoms with van der Waals surface area (Å²) in [6.07, 6.45) is 0. The second-order valence-electron chi connectivity index (χ2n) is 5.41. The number of para-hydroxylation sites is 1. The molecule has 0 saturated carbocycles. The van der Waals surface area contributed by atoms with E-state index in [9.17, 15) is 10.1 Å². The van der Waals surface area contributed by atoms with Crippen molar-refractivity contribution in [1.82, 2.24) is 9.97 Å². The lowest BCUT2D eigenvalue weighted by Gasteiger charge is -2.11. The second kappa shape index (κ2) is 5.14. The number of H-pyrrole nitrogens is 1. The minimum Gasteiger partial charge on any atom is -0.325 e. The summed E-state index contributed by atoms with van der Waals surface area (Å²) in [6, 6.07) is 9.04. The Morgan fingerprint density at radius 2 is 1.86 bits per heavy atom. The van der Waals surface area contributed by atoms with Crippen LogP contribution >= 0.6 is 0 Å². The Kier molecular flexibility index (Phi) is 3.29. The molecule has 6 heteroatoms. The summed E-state index contributed by atoms with van der Waals surface area (Å²) in [4.78, 5) is 18.0. The number of anilines is 2. The lowest BCUT2D eigenvalue weighted by molar-refractivity contribution is -0.383. The highest BCUT2D eigenvalue weighted by Crippen LogP contribution is 2.28. The molecule has 0 aliphatic heterocycles. The van der Waals surface area contributed by atoms with Crippen LogP contribution in [0, 0.1) is 30.9 Å². The molecule has 1 aromatic heterocycles. The van der Waals surface area contributed by atoms with Crippen LogP contribution in [-0.2, 0) is 0 Å². The van der Waals surface area contributed by atoms with Crippen molar-refractivity contribution in [2.75, 3.05) is 5.32 Å². The van der Waals surface area contributed by atoms with Gasteiger partial charge in [0.1, 0.15) is 0 Å². The molecule has 0 amide bonds. The number of nitro groups is 1. The second-order valence-corrected chi connectivity index (χ2v) is 5.41. The van der Waals surface area contributed by atoms with Crippen LogP contribution in [0.1, 0.15) is 16.7 Å². The van der Waals surface area contributed by atoms with Crippen LogP contribution < -0.4 is 5.32 Å². The number of aromatic nitrogens is 2. The highest BCUT2D eigenvalue weighted by molar-refractivity contribution is 5.87. The van der Waals surface area contributed by atoms with E-state index in [4.69, 9.17) is 0 Å². The molecule has 0 atom stereocenters. The van der Waals surface area contributed by atoms with Crippen LogP contribution in [0.15, 0.2) is 30.3 Å². The molecule has 0 aliphatic carbocycles. The monoisotopic (exact) mass is 296 g/mol. The van der Waals surface area contributed by atoms with E-state index in [0.29, 0.717) is 17.0 Å². The Morgan fingerprint density at radius 1 is 1.18 bits per heavy atom. The summed E-state index contributed by atoms with van der Waals surface area (Å²) in [5.41, 5.74) is 5.36. The van der Waals surface area contributed by atoms with Gasteiger partial charge in [0.2, 0.25) is 5.95 Å². The van der Waals surface area contributed by atoms with Crippen LogP contribution in [0.25, 0.3) is 11.0 Å². The van der Waals surface area contributed by atoms with Gasteiger partial charge in [-0.1, -0.05) is 23.8 Å². The quantitative estimate of drug-likeness (QED) is 0.562. The van der Waals surface area contributed by atoms with Crippen LogP contribution in [0.3, 0.4) is 0 Å². The zero-order valence-corrected chi connectivity index (χ0v) is 12.6. The molecule has 0 saturated heterocycles. The summed E-state index contributed by atoms with van der Waals surface area (Å²) >= 11 is 0. The highest BCUT2D eigenvalue weighted by Gasteiger charge is 2.16. The maximum absolute atomic E-state index is 11.1. The zero-order chi connectivity index (χ0) is 15.9. The summed E-state index contributed by atoms with van der Waals surface area (Å²) in [7, 11) is 0. The van der Waals surface area contributed by atoms with Gasteiger partial charge in [-0.05, 0) is 38.0 Å². The van der Waals surface area contributed by atoms with Gasteiger partial charge in [0.05, 0.1) is 10.4 Å². The molecule has 3 aromatic rings. The summed E-state index contributed by atoms with van der Waals surface area (Å²) < 4.78 is 0.